The third-order valence-corrected chi connectivity index (χ3v) is 4.79. The molecule has 4 heteroatoms. The van der Waals surface area contributed by atoms with Crippen molar-refractivity contribution in [1.29, 1.82) is 0 Å². The summed E-state index contributed by atoms with van der Waals surface area (Å²) >= 11 is 0. The molecule has 0 bridgehead atoms. The standard InChI is InChI=1S/C16H30N4/c1-5-7-15-12-18-16(4,6-2)13-20(15)11-10-19-9-8-17-14(19)3/h8-9,15,18H,5-7,10-13H2,1-4H3. The molecule has 2 rings (SSSR count). The van der Waals surface area contributed by atoms with Gasteiger partial charge in [0.2, 0.25) is 0 Å². The van der Waals surface area contributed by atoms with Gasteiger partial charge in [-0.05, 0) is 26.7 Å². The largest absolute Gasteiger partial charge is 0.334 e. The van der Waals surface area contributed by atoms with Crippen LogP contribution in [0.4, 0.5) is 0 Å². The molecule has 1 aromatic rings. The molecule has 0 amide bonds. The zero-order valence-electron chi connectivity index (χ0n) is 13.5. The van der Waals surface area contributed by atoms with Crippen molar-refractivity contribution in [2.24, 2.45) is 0 Å². The average Bonchev–Trinajstić information content (AvgIpc) is 2.85. The number of piperazine rings is 1. The van der Waals surface area contributed by atoms with Gasteiger partial charge in [-0.15, -0.1) is 0 Å². The second-order valence-electron chi connectivity index (χ2n) is 6.38. The topological polar surface area (TPSA) is 33.1 Å². The normalized spacial score (nSPS) is 27.9. The number of hydrogen-bond donors (Lipinski definition) is 1. The molecule has 0 aromatic carbocycles. The summed E-state index contributed by atoms with van der Waals surface area (Å²) in [6.45, 7) is 13.5. The van der Waals surface area contributed by atoms with E-state index >= 15 is 0 Å². The first kappa shape index (κ1) is 15.5. The summed E-state index contributed by atoms with van der Waals surface area (Å²) in [6.07, 6.45) is 7.72. The summed E-state index contributed by atoms with van der Waals surface area (Å²) in [5.74, 6) is 1.12. The van der Waals surface area contributed by atoms with E-state index in [2.05, 4.69) is 53.7 Å². The van der Waals surface area contributed by atoms with Gasteiger partial charge in [0.1, 0.15) is 5.82 Å². The maximum Gasteiger partial charge on any atom is 0.105 e. The fourth-order valence-corrected chi connectivity index (χ4v) is 3.12. The Morgan fingerprint density at radius 1 is 1.40 bits per heavy atom. The second kappa shape index (κ2) is 6.72. The van der Waals surface area contributed by atoms with Crippen LogP contribution in [-0.4, -0.2) is 45.7 Å². The number of aryl methyl sites for hydroxylation is 1. The maximum absolute atomic E-state index is 4.31. The Labute approximate surface area is 123 Å². The van der Waals surface area contributed by atoms with E-state index in [1.165, 1.54) is 19.3 Å². The zero-order valence-corrected chi connectivity index (χ0v) is 13.5. The lowest BCUT2D eigenvalue weighted by Crippen LogP contribution is -2.63. The minimum Gasteiger partial charge on any atom is -0.334 e. The number of aromatic nitrogens is 2. The maximum atomic E-state index is 4.31. The highest BCUT2D eigenvalue weighted by molar-refractivity contribution is 4.95. The van der Waals surface area contributed by atoms with Crippen LogP contribution in [0.1, 0.15) is 45.9 Å². The van der Waals surface area contributed by atoms with Crippen molar-refractivity contribution in [3.8, 4) is 0 Å². The average molecular weight is 278 g/mol. The van der Waals surface area contributed by atoms with E-state index in [0.29, 0.717) is 6.04 Å². The Bertz CT molecular complexity index is 414. The molecule has 114 valence electrons. The van der Waals surface area contributed by atoms with Gasteiger partial charge in [-0.3, -0.25) is 4.90 Å². The van der Waals surface area contributed by atoms with Gasteiger partial charge >= 0.3 is 0 Å². The molecule has 1 aromatic heterocycles. The van der Waals surface area contributed by atoms with Gasteiger partial charge < -0.3 is 9.88 Å². The van der Waals surface area contributed by atoms with Crippen LogP contribution in [0.25, 0.3) is 0 Å². The van der Waals surface area contributed by atoms with Crippen LogP contribution in [0.5, 0.6) is 0 Å². The van der Waals surface area contributed by atoms with Crippen molar-refractivity contribution in [3.05, 3.63) is 18.2 Å². The minimum atomic E-state index is 0.272. The molecule has 1 aliphatic heterocycles. The van der Waals surface area contributed by atoms with Crippen LogP contribution in [0, 0.1) is 6.92 Å². The van der Waals surface area contributed by atoms with E-state index in [-0.39, 0.29) is 5.54 Å². The Hall–Kier alpha value is -0.870. The minimum absolute atomic E-state index is 0.272. The van der Waals surface area contributed by atoms with Crippen LogP contribution >= 0.6 is 0 Å². The summed E-state index contributed by atoms with van der Waals surface area (Å²) in [6, 6.07) is 0.684. The Morgan fingerprint density at radius 2 is 2.20 bits per heavy atom. The summed E-state index contributed by atoms with van der Waals surface area (Å²) in [4.78, 5) is 7.00. The summed E-state index contributed by atoms with van der Waals surface area (Å²) in [7, 11) is 0. The molecule has 2 unspecified atom stereocenters. The molecule has 0 spiro atoms. The van der Waals surface area contributed by atoms with Gasteiger partial charge in [0.05, 0.1) is 0 Å². The molecule has 1 fully saturated rings. The van der Waals surface area contributed by atoms with E-state index in [0.717, 1.165) is 32.0 Å². The first-order valence-electron chi connectivity index (χ1n) is 8.05. The molecule has 1 N–H and O–H groups in total. The van der Waals surface area contributed by atoms with Gasteiger partial charge in [0.25, 0.3) is 0 Å². The molecule has 20 heavy (non-hydrogen) atoms. The van der Waals surface area contributed by atoms with Crippen molar-refractivity contribution < 1.29 is 0 Å². The van der Waals surface area contributed by atoms with Gasteiger partial charge in [-0.2, -0.15) is 0 Å². The zero-order chi connectivity index (χ0) is 14.6. The van der Waals surface area contributed by atoms with E-state index in [4.69, 9.17) is 0 Å². The molecule has 1 saturated heterocycles. The van der Waals surface area contributed by atoms with Gasteiger partial charge in [0.15, 0.2) is 0 Å². The number of nitrogens with one attached hydrogen (secondary N) is 1. The highest BCUT2D eigenvalue weighted by atomic mass is 15.3. The van der Waals surface area contributed by atoms with Crippen LogP contribution < -0.4 is 5.32 Å². The van der Waals surface area contributed by atoms with E-state index in [1.807, 2.05) is 6.20 Å². The van der Waals surface area contributed by atoms with Gasteiger partial charge in [-0.1, -0.05) is 20.3 Å². The van der Waals surface area contributed by atoms with Crippen molar-refractivity contribution >= 4 is 0 Å². The smallest absolute Gasteiger partial charge is 0.105 e. The van der Waals surface area contributed by atoms with Gasteiger partial charge in [-0.25, -0.2) is 4.98 Å². The highest BCUT2D eigenvalue weighted by Gasteiger charge is 2.33. The summed E-state index contributed by atoms with van der Waals surface area (Å²) < 4.78 is 2.26. The highest BCUT2D eigenvalue weighted by Crippen LogP contribution is 2.21. The Kier molecular flexibility index (Phi) is 5.22. The number of imidazole rings is 1. The molecule has 0 radical (unpaired) electrons. The van der Waals surface area contributed by atoms with Crippen molar-refractivity contribution in [2.75, 3.05) is 19.6 Å². The summed E-state index contributed by atoms with van der Waals surface area (Å²) in [5, 5.41) is 3.75. The SMILES string of the molecule is CCCC1CNC(C)(CC)CN1CCn1ccnc1C. The molecule has 0 saturated carbocycles. The third kappa shape index (κ3) is 3.61. The fraction of sp³-hybridized carbons (Fsp3) is 0.812. The molecular formula is C16H30N4. The van der Waals surface area contributed by atoms with E-state index in [9.17, 15) is 0 Å². The molecule has 1 aliphatic rings. The van der Waals surface area contributed by atoms with Crippen LogP contribution in [0.15, 0.2) is 12.4 Å². The molecule has 0 aliphatic carbocycles. The lowest BCUT2D eigenvalue weighted by atomic mass is 9.92. The van der Waals surface area contributed by atoms with Crippen LogP contribution in [0.2, 0.25) is 0 Å². The first-order valence-corrected chi connectivity index (χ1v) is 8.05. The number of rotatable bonds is 6. The molecular weight excluding hydrogens is 248 g/mol. The Balaban J connectivity index is 1.98. The second-order valence-corrected chi connectivity index (χ2v) is 6.38. The van der Waals surface area contributed by atoms with E-state index < -0.39 is 0 Å². The molecule has 4 nitrogen and oxygen atoms in total. The van der Waals surface area contributed by atoms with Crippen molar-refractivity contribution in [2.45, 2.75) is 65.1 Å². The van der Waals surface area contributed by atoms with Crippen LogP contribution in [-0.2, 0) is 6.54 Å². The number of nitrogens with zero attached hydrogens (tertiary/aromatic N) is 3. The summed E-state index contributed by atoms with van der Waals surface area (Å²) in [5.41, 5.74) is 0.272. The van der Waals surface area contributed by atoms with Crippen LogP contribution in [0.3, 0.4) is 0 Å². The van der Waals surface area contributed by atoms with Gasteiger partial charge in [0, 0.05) is 50.2 Å². The number of hydrogen-bond acceptors (Lipinski definition) is 3. The Morgan fingerprint density at radius 3 is 2.80 bits per heavy atom. The molecule has 2 heterocycles. The third-order valence-electron chi connectivity index (χ3n) is 4.79. The quantitative estimate of drug-likeness (QED) is 0.867. The predicted molar refractivity (Wildman–Crippen MR) is 83.9 cm³/mol. The fourth-order valence-electron chi connectivity index (χ4n) is 3.12. The van der Waals surface area contributed by atoms with Crippen molar-refractivity contribution in [3.63, 3.8) is 0 Å². The lowest BCUT2D eigenvalue weighted by molar-refractivity contribution is 0.0758. The van der Waals surface area contributed by atoms with Crippen molar-refractivity contribution in [1.82, 2.24) is 19.8 Å². The van der Waals surface area contributed by atoms with E-state index in [1.54, 1.807) is 0 Å². The first-order chi connectivity index (χ1) is 9.58. The molecule has 2 atom stereocenters. The monoisotopic (exact) mass is 278 g/mol. The lowest BCUT2D eigenvalue weighted by Gasteiger charge is -2.46. The predicted octanol–water partition coefficient (Wildman–Crippen LogP) is 2.43.